The van der Waals surface area contributed by atoms with Gasteiger partial charge in [0.25, 0.3) is 0 Å². The first kappa shape index (κ1) is 30.6. The first-order chi connectivity index (χ1) is 18.2. The van der Waals surface area contributed by atoms with Crippen molar-refractivity contribution < 1.29 is 41.8 Å². The Kier molecular flexibility index (Phi) is 9.83. The number of aliphatic hydroxyl groups is 1. The van der Waals surface area contributed by atoms with E-state index in [0.29, 0.717) is 4.57 Å². The maximum Gasteiger partial charge on any atom is 0.459 e. The minimum atomic E-state index is -4.41. The lowest BCUT2D eigenvalue weighted by Crippen LogP contribution is -2.42. The van der Waals surface area contributed by atoms with Crippen molar-refractivity contribution in [1.29, 1.82) is 0 Å². The van der Waals surface area contributed by atoms with E-state index in [1.165, 1.54) is 25.1 Å². The molecule has 5 atom stereocenters. The number of esters is 1. The van der Waals surface area contributed by atoms with Gasteiger partial charge >= 0.3 is 25.3 Å². The Morgan fingerprint density at radius 3 is 2.46 bits per heavy atom. The fourth-order valence-corrected chi connectivity index (χ4v) is 5.08. The highest BCUT2D eigenvalue weighted by Gasteiger charge is 2.60. The SMILES string of the molecule is CC(C)Nc1ccn([C@@H]2O[C@H](COP(=O)(NC(C)C(=O)OC(C)C)Oc3ccccc3)[C@@H](O)C2(F)F)c(=O)n1. The topological polar surface area (TPSA) is 150 Å². The molecule has 0 saturated carbocycles. The Labute approximate surface area is 224 Å². The van der Waals surface area contributed by atoms with Crippen molar-refractivity contribution in [2.24, 2.45) is 0 Å². The molecule has 1 aromatic carbocycles. The number of alkyl halides is 2. The molecule has 0 amide bonds. The number of nitrogens with zero attached hydrogens (tertiary/aromatic N) is 2. The van der Waals surface area contributed by atoms with Gasteiger partial charge in [0.05, 0.1) is 12.7 Å². The average Bonchev–Trinajstić information content (AvgIpc) is 3.06. The molecule has 0 bridgehead atoms. The first-order valence-corrected chi connectivity index (χ1v) is 13.8. The van der Waals surface area contributed by atoms with Gasteiger partial charge in [-0.2, -0.15) is 18.9 Å². The number of aromatic nitrogens is 2. The maximum atomic E-state index is 15.0. The third-order valence-electron chi connectivity index (χ3n) is 5.33. The van der Waals surface area contributed by atoms with E-state index in [2.05, 4.69) is 15.4 Å². The molecule has 0 spiro atoms. The van der Waals surface area contributed by atoms with Gasteiger partial charge in [-0.15, -0.1) is 0 Å². The lowest BCUT2D eigenvalue weighted by molar-refractivity contribution is -0.149. The Morgan fingerprint density at radius 1 is 1.21 bits per heavy atom. The summed E-state index contributed by atoms with van der Waals surface area (Å²) < 4.78 is 65.4. The van der Waals surface area contributed by atoms with Crippen LogP contribution < -0.4 is 20.6 Å². The molecule has 1 aliphatic heterocycles. The van der Waals surface area contributed by atoms with E-state index in [0.717, 1.165) is 6.20 Å². The fourth-order valence-electron chi connectivity index (χ4n) is 3.58. The minimum absolute atomic E-state index is 0.0578. The molecule has 1 aromatic heterocycles. The number of halogens is 2. The van der Waals surface area contributed by atoms with Crippen molar-refractivity contribution in [3.63, 3.8) is 0 Å². The van der Waals surface area contributed by atoms with E-state index in [1.807, 2.05) is 13.8 Å². The van der Waals surface area contributed by atoms with Crippen LogP contribution in [0.1, 0.15) is 40.8 Å². The summed E-state index contributed by atoms with van der Waals surface area (Å²) in [5.74, 6) is -4.40. The van der Waals surface area contributed by atoms with Crippen LogP contribution in [0.25, 0.3) is 0 Å². The Bertz CT molecular complexity index is 1230. The third-order valence-corrected chi connectivity index (χ3v) is 6.98. The number of carbonyl (C=O) groups is 1. The molecule has 39 heavy (non-hydrogen) atoms. The number of para-hydroxylation sites is 1. The van der Waals surface area contributed by atoms with E-state index in [9.17, 15) is 19.3 Å². The normalized spacial score (nSPS) is 22.9. The van der Waals surface area contributed by atoms with E-state index < -0.39 is 62.5 Å². The van der Waals surface area contributed by atoms with Crippen molar-refractivity contribution in [3.05, 3.63) is 53.1 Å². The maximum absolute atomic E-state index is 15.0. The zero-order valence-corrected chi connectivity index (χ0v) is 23.0. The fraction of sp³-hybridized carbons (Fsp3) is 0.542. The van der Waals surface area contributed by atoms with Gasteiger partial charge in [0.1, 0.15) is 23.7 Å². The summed E-state index contributed by atoms with van der Waals surface area (Å²) >= 11 is 0. The summed E-state index contributed by atoms with van der Waals surface area (Å²) in [6.07, 6.45) is -5.75. The predicted octanol–water partition coefficient (Wildman–Crippen LogP) is 3.09. The van der Waals surface area contributed by atoms with Crippen molar-refractivity contribution in [1.82, 2.24) is 14.6 Å². The standard InChI is InChI=1S/C24H33F2N4O8P/c1-14(2)27-19-11-12-30(23(33)28-19)22-24(25,26)20(31)18(37-22)13-35-39(34,38-17-9-7-6-8-10-17)29-16(5)21(32)36-15(3)4/h6-12,14-16,18,20,22,31H,13H2,1-5H3,(H,29,34)(H,27,28,33)/t16?,18-,20-,22-,39?/m1/s1. The minimum Gasteiger partial charge on any atom is -0.462 e. The molecule has 3 rings (SSSR count). The van der Waals surface area contributed by atoms with E-state index in [4.69, 9.17) is 18.5 Å². The Balaban J connectivity index is 1.79. The molecule has 2 aromatic rings. The number of carbonyl (C=O) groups excluding carboxylic acids is 1. The van der Waals surface area contributed by atoms with Crippen LogP contribution in [0.5, 0.6) is 5.75 Å². The summed E-state index contributed by atoms with van der Waals surface area (Å²) in [6.45, 7) is 7.40. The van der Waals surface area contributed by atoms with Gasteiger partial charge in [-0.3, -0.25) is 13.9 Å². The molecule has 2 heterocycles. The number of aliphatic hydroxyl groups excluding tert-OH is 1. The van der Waals surface area contributed by atoms with Gasteiger partial charge in [0, 0.05) is 12.2 Å². The molecule has 12 nitrogen and oxygen atoms in total. The average molecular weight is 575 g/mol. The highest BCUT2D eigenvalue weighted by atomic mass is 31.2. The number of anilines is 1. The molecule has 1 fully saturated rings. The van der Waals surface area contributed by atoms with Crippen LogP contribution in [0.4, 0.5) is 14.6 Å². The van der Waals surface area contributed by atoms with Gasteiger partial charge in [-0.05, 0) is 52.8 Å². The molecule has 3 N–H and O–H groups in total. The highest BCUT2D eigenvalue weighted by molar-refractivity contribution is 7.52. The quantitative estimate of drug-likeness (QED) is 0.254. The zero-order chi connectivity index (χ0) is 29.0. The molecular weight excluding hydrogens is 541 g/mol. The van der Waals surface area contributed by atoms with Crippen molar-refractivity contribution in [2.75, 3.05) is 11.9 Å². The van der Waals surface area contributed by atoms with Crippen LogP contribution in [-0.2, 0) is 23.4 Å². The van der Waals surface area contributed by atoms with Crippen LogP contribution in [0.2, 0.25) is 0 Å². The molecule has 0 radical (unpaired) electrons. The second-order valence-corrected chi connectivity index (χ2v) is 11.2. The molecule has 1 saturated heterocycles. The third kappa shape index (κ3) is 7.83. The van der Waals surface area contributed by atoms with E-state index in [1.54, 1.807) is 32.0 Å². The van der Waals surface area contributed by atoms with Gasteiger partial charge in [0.15, 0.2) is 6.10 Å². The van der Waals surface area contributed by atoms with Crippen LogP contribution in [0, 0.1) is 0 Å². The summed E-state index contributed by atoms with van der Waals surface area (Å²) in [5, 5.41) is 15.6. The molecule has 0 aliphatic carbocycles. The van der Waals surface area contributed by atoms with Crippen LogP contribution >= 0.6 is 7.75 Å². The van der Waals surface area contributed by atoms with Gasteiger partial charge < -0.3 is 24.4 Å². The molecule has 15 heteroatoms. The monoisotopic (exact) mass is 574 g/mol. The van der Waals surface area contributed by atoms with Gasteiger partial charge in [-0.1, -0.05) is 18.2 Å². The van der Waals surface area contributed by atoms with Crippen LogP contribution in [0.3, 0.4) is 0 Å². The lowest BCUT2D eigenvalue weighted by atomic mass is 10.1. The summed E-state index contributed by atoms with van der Waals surface area (Å²) in [7, 11) is -4.41. The largest absolute Gasteiger partial charge is 0.462 e. The second-order valence-electron chi connectivity index (χ2n) is 9.48. The predicted molar refractivity (Wildman–Crippen MR) is 137 cm³/mol. The first-order valence-electron chi connectivity index (χ1n) is 12.3. The van der Waals surface area contributed by atoms with Crippen molar-refractivity contribution >= 4 is 19.5 Å². The summed E-state index contributed by atoms with van der Waals surface area (Å²) in [4.78, 5) is 28.5. The van der Waals surface area contributed by atoms with Crippen molar-refractivity contribution in [3.8, 4) is 5.75 Å². The van der Waals surface area contributed by atoms with Crippen LogP contribution in [-0.4, -0.2) is 63.6 Å². The molecule has 1 aliphatic rings. The van der Waals surface area contributed by atoms with Gasteiger partial charge in [-0.25, -0.2) is 9.36 Å². The highest BCUT2D eigenvalue weighted by Crippen LogP contribution is 2.48. The Hall–Kier alpha value is -2.90. The number of benzene rings is 1. The lowest BCUT2D eigenvalue weighted by Gasteiger charge is -2.25. The number of ether oxygens (including phenoxy) is 2. The number of hydrogen-bond acceptors (Lipinski definition) is 10. The number of rotatable bonds is 12. The molecule has 216 valence electrons. The van der Waals surface area contributed by atoms with E-state index >= 15 is 8.78 Å². The summed E-state index contributed by atoms with van der Waals surface area (Å²) in [6, 6.07) is 7.90. The second kappa shape index (κ2) is 12.5. The number of nitrogens with one attached hydrogen (secondary N) is 2. The molecular formula is C24H33F2N4O8P. The Morgan fingerprint density at radius 2 is 1.87 bits per heavy atom. The van der Waals surface area contributed by atoms with E-state index in [-0.39, 0.29) is 17.6 Å². The van der Waals surface area contributed by atoms with Crippen molar-refractivity contribution in [2.45, 2.75) is 77.2 Å². The molecule has 2 unspecified atom stereocenters. The van der Waals surface area contributed by atoms with Crippen LogP contribution in [0.15, 0.2) is 47.4 Å². The van der Waals surface area contributed by atoms with Gasteiger partial charge in [0.2, 0.25) is 6.23 Å². The smallest absolute Gasteiger partial charge is 0.459 e. The number of hydrogen-bond donors (Lipinski definition) is 3. The summed E-state index contributed by atoms with van der Waals surface area (Å²) in [5.41, 5.74) is -1.03. The zero-order valence-electron chi connectivity index (χ0n) is 22.1.